The maximum absolute atomic E-state index is 10.4. The lowest BCUT2D eigenvalue weighted by Gasteiger charge is -2.05. The van der Waals surface area contributed by atoms with Crippen LogP contribution >= 0.6 is 19.4 Å². The molecule has 0 saturated heterocycles. The lowest BCUT2D eigenvalue weighted by Crippen LogP contribution is -1.92. The van der Waals surface area contributed by atoms with E-state index in [1.807, 2.05) is 0 Å². The molecule has 0 amide bonds. The van der Waals surface area contributed by atoms with Gasteiger partial charge in [-0.05, 0) is 12.8 Å². The van der Waals surface area contributed by atoms with Gasteiger partial charge in [0.15, 0.2) is 0 Å². The number of hydrogen-bond acceptors (Lipinski definition) is 2. The average molecular weight is 315 g/mol. The summed E-state index contributed by atoms with van der Waals surface area (Å²) in [5.41, 5.74) is 0. The standard InChI is InChI=1S/C13H28ClO4P/c14-12-10-8-6-4-2-1-3-5-7-9-11-13-18-19(15,16)17/h1-13H2,(H2,15,16,17). The molecule has 2 N–H and O–H groups in total. The Morgan fingerprint density at radius 1 is 0.737 bits per heavy atom. The molecule has 0 rings (SSSR count). The zero-order valence-corrected chi connectivity index (χ0v) is 13.4. The zero-order chi connectivity index (χ0) is 14.4. The summed E-state index contributed by atoms with van der Waals surface area (Å²) in [5.74, 6) is 0.783. The number of alkyl halides is 1. The molecule has 0 radical (unpaired) electrons. The first-order chi connectivity index (χ1) is 9.06. The van der Waals surface area contributed by atoms with Crippen molar-refractivity contribution in [2.24, 2.45) is 0 Å². The quantitative estimate of drug-likeness (QED) is 0.279. The van der Waals surface area contributed by atoms with Crippen molar-refractivity contribution in [2.45, 2.75) is 70.6 Å². The van der Waals surface area contributed by atoms with Gasteiger partial charge in [0.25, 0.3) is 0 Å². The van der Waals surface area contributed by atoms with Crippen molar-refractivity contribution < 1.29 is 18.9 Å². The van der Waals surface area contributed by atoms with Crippen molar-refractivity contribution in [2.75, 3.05) is 12.5 Å². The number of phosphoric acid groups is 1. The van der Waals surface area contributed by atoms with Gasteiger partial charge in [-0.2, -0.15) is 0 Å². The molecule has 0 aromatic heterocycles. The van der Waals surface area contributed by atoms with Gasteiger partial charge in [-0.1, -0.05) is 57.8 Å². The molecule has 0 heterocycles. The Kier molecular flexibility index (Phi) is 13.7. The van der Waals surface area contributed by atoms with Gasteiger partial charge in [0.2, 0.25) is 0 Å². The molecule has 19 heavy (non-hydrogen) atoms. The van der Waals surface area contributed by atoms with Gasteiger partial charge in [0.1, 0.15) is 0 Å². The van der Waals surface area contributed by atoms with Gasteiger partial charge in [-0.3, -0.25) is 4.52 Å². The number of unbranched alkanes of at least 4 members (excludes halogenated alkanes) is 10. The first-order valence-electron chi connectivity index (χ1n) is 7.32. The highest BCUT2D eigenvalue weighted by Crippen LogP contribution is 2.35. The minimum Gasteiger partial charge on any atom is -0.303 e. The molecule has 0 aliphatic heterocycles. The predicted octanol–water partition coefficient (Wildman–Crippen LogP) is 4.63. The number of hydrogen-bond donors (Lipinski definition) is 2. The predicted molar refractivity (Wildman–Crippen MR) is 79.5 cm³/mol. The van der Waals surface area contributed by atoms with Crippen LogP contribution in [0, 0.1) is 0 Å². The van der Waals surface area contributed by atoms with Crippen LogP contribution in [0.3, 0.4) is 0 Å². The second-order valence-electron chi connectivity index (χ2n) is 4.90. The van der Waals surface area contributed by atoms with Crippen molar-refractivity contribution in [3.63, 3.8) is 0 Å². The van der Waals surface area contributed by atoms with Gasteiger partial charge in [-0.15, -0.1) is 11.6 Å². The molecule has 0 aromatic carbocycles. The molecule has 0 aliphatic carbocycles. The molecule has 0 unspecified atom stereocenters. The van der Waals surface area contributed by atoms with Crippen LogP contribution in [0.15, 0.2) is 0 Å². The highest BCUT2D eigenvalue weighted by molar-refractivity contribution is 7.46. The number of phosphoric ester groups is 1. The smallest absolute Gasteiger partial charge is 0.303 e. The lowest BCUT2D eigenvalue weighted by molar-refractivity contribution is 0.193. The van der Waals surface area contributed by atoms with Crippen molar-refractivity contribution in [3.8, 4) is 0 Å². The maximum atomic E-state index is 10.4. The SMILES string of the molecule is O=P(O)(O)OCCCCCCCCCCCCCCl. The Hall–Kier alpha value is 0.400. The third-order valence-electron chi connectivity index (χ3n) is 3.04. The van der Waals surface area contributed by atoms with Crippen LogP contribution in [0.5, 0.6) is 0 Å². The van der Waals surface area contributed by atoms with E-state index in [0.717, 1.165) is 31.6 Å². The summed E-state index contributed by atoms with van der Waals surface area (Å²) >= 11 is 5.61. The lowest BCUT2D eigenvalue weighted by atomic mass is 10.1. The molecule has 4 nitrogen and oxygen atoms in total. The van der Waals surface area contributed by atoms with Gasteiger partial charge >= 0.3 is 7.82 Å². The van der Waals surface area contributed by atoms with Crippen LogP contribution in [-0.2, 0) is 9.09 Å². The summed E-state index contributed by atoms with van der Waals surface area (Å²) in [6.07, 6.45) is 12.9. The van der Waals surface area contributed by atoms with E-state index in [1.165, 1.54) is 44.9 Å². The molecule has 0 saturated carbocycles. The van der Waals surface area contributed by atoms with Gasteiger partial charge < -0.3 is 9.79 Å². The van der Waals surface area contributed by atoms with E-state index in [4.69, 9.17) is 21.4 Å². The first kappa shape index (κ1) is 19.4. The molecule has 6 heteroatoms. The van der Waals surface area contributed by atoms with Gasteiger partial charge in [0.05, 0.1) is 6.61 Å². The molecular formula is C13H28ClO4P. The highest BCUT2D eigenvalue weighted by atomic mass is 35.5. The molecule has 116 valence electrons. The Morgan fingerprint density at radius 2 is 1.11 bits per heavy atom. The monoisotopic (exact) mass is 314 g/mol. The first-order valence-corrected chi connectivity index (χ1v) is 9.39. The largest absolute Gasteiger partial charge is 0.469 e. The minimum absolute atomic E-state index is 0.158. The molecule has 0 atom stereocenters. The summed E-state index contributed by atoms with van der Waals surface area (Å²) in [5, 5.41) is 0. The molecule has 0 fully saturated rings. The van der Waals surface area contributed by atoms with E-state index in [2.05, 4.69) is 4.52 Å². The Bertz CT molecular complexity index is 233. The van der Waals surface area contributed by atoms with Crippen molar-refractivity contribution in [1.29, 1.82) is 0 Å². The van der Waals surface area contributed by atoms with Crippen molar-refractivity contribution >= 4 is 19.4 Å². The molecular weight excluding hydrogens is 287 g/mol. The van der Waals surface area contributed by atoms with Crippen LogP contribution in [-0.4, -0.2) is 22.3 Å². The molecule has 0 spiro atoms. The van der Waals surface area contributed by atoms with E-state index >= 15 is 0 Å². The second-order valence-corrected chi connectivity index (χ2v) is 6.52. The fourth-order valence-electron chi connectivity index (χ4n) is 1.97. The summed E-state index contributed by atoms with van der Waals surface area (Å²) in [6.45, 7) is 0.158. The van der Waals surface area contributed by atoms with Crippen LogP contribution in [0.25, 0.3) is 0 Å². The van der Waals surface area contributed by atoms with Crippen LogP contribution < -0.4 is 0 Å². The van der Waals surface area contributed by atoms with E-state index in [-0.39, 0.29) is 6.61 Å². The van der Waals surface area contributed by atoms with E-state index in [0.29, 0.717) is 0 Å². The fourth-order valence-corrected chi connectivity index (χ4v) is 2.53. The van der Waals surface area contributed by atoms with E-state index in [1.54, 1.807) is 0 Å². The Balaban J connectivity index is 3.01. The van der Waals surface area contributed by atoms with Crippen LogP contribution in [0.1, 0.15) is 70.6 Å². The van der Waals surface area contributed by atoms with E-state index < -0.39 is 7.82 Å². The van der Waals surface area contributed by atoms with Crippen molar-refractivity contribution in [1.82, 2.24) is 0 Å². The van der Waals surface area contributed by atoms with Crippen LogP contribution in [0.4, 0.5) is 0 Å². The molecule has 0 aromatic rings. The third kappa shape index (κ3) is 18.4. The summed E-state index contributed by atoms with van der Waals surface area (Å²) in [6, 6.07) is 0. The Morgan fingerprint density at radius 3 is 1.47 bits per heavy atom. The normalized spacial score (nSPS) is 11.9. The summed E-state index contributed by atoms with van der Waals surface area (Å²) in [4.78, 5) is 17.0. The topological polar surface area (TPSA) is 66.8 Å². The van der Waals surface area contributed by atoms with Gasteiger partial charge in [-0.25, -0.2) is 4.57 Å². The average Bonchev–Trinajstić information content (AvgIpc) is 2.34. The van der Waals surface area contributed by atoms with E-state index in [9.17, 15) is 4.57 Å². The second kappa shape index (κ2) is 13.4. The molecule has 0 aliphatic rings. The third-order valence-corrected chi connectivity index (χ3v) is 3.82. The molecule has 0 bridgehead atoms. The van der Waals surface area contributed by atoms with Crippen LogP contribution in [0.2, 0.25) is 0 Å². The number of halogens is 1. The highest BCUT2D eigenvalue weighted by Gasteiger charge is 2.12. The maximum Gasteiger partial charge on any atom is 0.469 e. The Labute approximate surface area is 122 Å². The minimum atomic E-state index is -4.26. The summed E-state index contributed by atoms with van der Waals surface area (Å²) in [7, 11) is -4.26. The summed E-state index contributed by atoms with van der Waals surface area (Å²) < 4.78 is 14.8. The zero-order valence-electron chi connectivity index (χ0n) is 11.7. The van der Waals surface area contributed by atoms with Crippen molar-refractivity contribution in [3.05, 3.63) is 0 Å². The van der Waals surface area contributed by atoms with Gasteiger partial charge in [0, 0.05) is 5.88 Å². The fraction of sp³-hybridized carbons (Fsp3) is 1.00. The number of rotatable bonds is 14.